The number of hydrogen-bond acceptors (Lipinski definition) is 10. The average molecular weight is 640 g/mol. The monoisotopic (exact) mass is 638 g/mol. The molecule has 14 heteroatoms. The summed E-state index contributed by atoms with van der Waals surface area (Å²) in [4.78, 5) is 29.1. The number of nitrogens with zero attached hydrogens (tertiary/aromatic N) is 7. The largest absolute Gasteiger partial charge is 0.365 e. The van der Waals surface area contributed by atoms with Crippen LogP contribution < -0.4 is 16.4 Å². The van der Waals surface area contributed by atoms with Gasteiger partial charge in [0.25, 0.3) is 6.34 Å². The van der Waals surface area contributed by atoms with Crippen LogP contribution in [0, 0.1) is 0 Å². The van der Waals surface area contributed by atoms with Crippen molar-refractivity contribution in [2.45, 2.75) is 97.1 Å². The number of nitrogens with one attached hydrogen (secondary N) is 3. The predicted octanol–water partition coefficient (Wildman–Crippen LogP) is 7.12. The van der Waals surface area contributed by atoms with Crippen LogP contribution >= 0.6 is 34.8 Å². The molecule has 0 radical (unpaired) electrons. The van der Waals surface area contributed by atoms with Gasteiger partial charge in [0, 0.05) is 12.1 Å². The van der Waals surface area contributed by atoms with E-state index in [1.807, 2.05) is 0 Å². The van der Waals surface area contributed by atoms with Gasteiger partial charge < -0.3 is 20.9 Å². The van der Waals surface area contributed by atoms with E-state index < -0.39 is 0 Å². The molecule has 2 aliphatic carbocycles. The number of aliphatic imine (C=N–C) groups is 1. The Morgan fingerprint density at radius 1 is 0.881 bits per heavy atom. The van der Waals surface area contributed by atoms with Crippen LogP contribution in [0.25, 0.3) is 11.2 Å². The van der Waals surface area contributed by atoms with E-state index in [9.17, 15) is 0 Å². The molecule has 0 bridgehead atoms. The smallest absolute Gasteiger partial charge is 0.320 e. The van der Waals surface area contributed by atoms with Gasteiger partial charge in [-0.3, -0.25) is 0 Å². The number of hydrogen-bond donors (Lipinski definition) is 4. The van der Waals surface area contributed by atoms with Gasteiger partial charge in [0.15, 0.2) is 11.5 Å². The molecule has 3 aliphatic rings. The lowest BCUT2D eigenvalue weighted by atomic mass is 9.95. The molecule has 0 spiro atoms. The zero-order valence-electron chi connectivity index (χ0n) is 24.8. The van der Waals surface area contributed by atoms with Crippen LogP contribution in [0.2, 0.25) is 15.7 Å². The molecule has 0 saturated heterocycles. The number of halogens is 3. The molecular weight excluding hydrogens is 597 g/mol. The van der Waals surface area contributed by atoms with Crippen molar-refractivity contribution in [3.8, 4) is 0 Å². The number of aromatic nitrogens is 6. The summed E-state index contributed by atoms with van der Waals surface area (Å²) in [6.45, 7) is 10.1. The van der Waals surface area contributed by atoms with Gasteiger partial charge in [0.2, 0.25) is 15.7 Å². The number of imidazole rings is 1. The molecule has 3 aromatic rings. The fraction of sp³-hybridized carbons (Fsp3) is 0.643. The van der Waals surface area contributed by atoms with Crippen molar-refractivity contribution < 1.29 is 0 Å². The standard InChI is InChI=1S/C11H14ClN5.C6H13N.C6H15N.C5HCl2N4/c12-11-16-9-8(13-6-14-9)10(17-11)15-7-4-2-1-3-5-7;7-6-4-2-1-3-5-6;1-4-7(5-2)6-3;6-3-2-4(9-1-8-2)11-5(7)10-3/h6-7H,1-5H2,(H2,13,14,15,16,17);6H,1-5,7H2;4-6H2,1-3H3;(H,8,9,10,11)/q;;;+1. The molecule has 0 aromatic carbocycles. The Bertz CT molecular complexity index is 1230. The molecule has 3 aromatic heterocycles. The summed E-state index contributed by atoms with van der Waals surface area (Å²) < 4.78 is 0. The van der Waals surface area contributed by atoms with Gasteiger partial charge in [0.1, 0.15) is 5.52 Å². The van der Waals surface area contributed by atoms with Crippen molar-refractivity contribution in [1.82, 2.24) is 34.8 Å². The predicted molar refractivity (Wildman–Crippen MR) is 174 cm³/mol. The van der Waals surface area contributed by atoms with E-state index in [1.165, 1.54) is 83.8 Å². The van der Waals surface area contributed by atoms with Crippen LogP contribution in [-0.4, -0.2) is 72.9 Å². The van der Waals surface area contributed by atoms with Gasteiger partial charge in [-0.1, -0.05) is 59.3 Å². The van der Waals surface area contributed by atoms with E-state index in [0.29, 0.717) is 29.2 Å². The van der Waals surface area contributed by atoms with Crippen molar-refractivity contribution in [2.24, 2.45) is 10.7 Å². The van der Waals surface area contributed by atoms with Crippen LogP contribution in [0.5, 0.6) is 0 Å². The number of H-pyrrole nitrogens is 1. The summed E-state index contributed by atoms with van der Waals surface area (Å²) in [5.41, 5.74) is 7.56. The second-order valence-electron chi connectivity index (χ2n) is 10.3. The first-order valence-corrected chi connectivity index (χ1v) is 16.0. The van der Waals surface area contributed by atoms with Gasteiger partial charge in [-0.15, -0.1) is 4.98 Å². The fourth-order valence-electron chi connectivity index (χ4n) is 4.88. The number of rotatable bonds is 5. The second-order valence-corrected chi connectivity index (χ2v) is 11.3. The number of nitrogens with two attached hydrogens (primary N) is 1. The molecule has 6 rings (SSSR count). The van der Waals surface area contributed by atoms with Crippen LogP contribution in [0.4, 0.5) is 17.3 Å². The highest BCUT2D eigenvalue weighted by molar-refractivity contribution is 6.34. The van der Waals surface area contributed by atoms with Crippen molar-refractivity contribution in [3.63, 3.8) is 0 Å². The zero-order valence-corrected chi connectivity index (χ0v) is 27.0. The fourth-order valence-corrected chi connectivity index (χ4v) is 5.47. The van der Waals surface area contributed by atoms with Crippen molar-refractivity contribution >= 4 is 69.6 Å². The number of anilines is 2. The van der Waals surface area contributed by atoms with Gasteiger partial charge in [-0.2, -0.15) is 20.3 Å². The molecule has 42 heavy (non-hydrogen) atoms. The Hall–Kier alpha value is -2.40. The lowest BCUT2D eigenvalue weighted by Crippen LogP contribution is -2.23. The lowest BCUT2D eigenvalue weighted by Gasteiger charge is -2.23. The molecular formula is C28H43Cl3N11+. The van der Waals surface area contributed by atoms with Gasteiger partial charge >= 0.3 is 11.5 Å². The van der Waals surface area contributed by atoms with Crippen LogP contribution in [-0.2, 0) is 0 Å². The molecule has 11 nitrogen and oxygen atoms in total. The first kappa shape index (κ1) is 34.1. The van der Waals surface area contributed by atoms with E-state index in [2.05, 4.69) is 77.5 Å². The molecule has 1 aliphatic heterocycles. The highest BCUT2D eigenvalue weighted by Crippen LogP contribution is 2.33. The molecule has 2 saturated carbocycles. The average Bonchev–Trinajstić information content (AvgIpc) is 3.66. The maximum absolute atomic E-state index is 5.88. The third-order valence-electron chi connectivity index (χ3n) is 7.35. The summed E-state index contributed by atoms with van der Waals surface area (Å²) in [6.07, 6.45) is 17.0. The molecule has 0 amide bonds. The Labute approximate surface area is 263 Å². The van der Waals surface area contributed by atoms with Crippen LogP contribution in [0.3, 0.4) is 0 Å². The van der Waals surface area contributed by atoms with Crippen molar-refractivity contribution in [2.75, 3.05) is 30.3 Å². The molecule has 5 N–H and O–H groups in total. The normalized spacial score (nSPS) is 16.2. The number of fused-ring (bicyclic) bond motifs is 2. The zero-order chi connectivity index (χ0) is 30.3. The van der Waals surface area contributed by atoms with Crippen LogP contribution in [0.1, 0.15) is 85.0 Å². The third-order valence-corrected chi connectivity index (χ3v) is 7.95. The lowest BCUT2D eigenvalue weighted by molar-refractivity contribution is 0.321. The maximum Gasteiger partial charge on any atom is 0.320 e. The summed E-state index contributed by atoms with van der Waals surface area (Å²) in [5.74, 6) is 1.26. The molecule has 2 fully saturated rings. The molecule has 0 atom stereocenters. The maximum atomic E-state index is 5.88. The summed E-state index contributed by atoms with van der Waals surface area (Å²) >= 11 is 17.1. The van der Waals surface area contributed by atoms with Crippen molar-refractivity contribution in [1.29, 1.82) is 0 Å². The SMILES string of the molecule is CCN(CC)CC.Clc1nc(Cl)c2c(n1)N[C+]=N2.Clc1nc(NC2CCCCC2)c2[nH]cnc2n1.NC1CCCCC1. The van der Waals surface area contributed by atoms with Crippen LogP contribution in [0.15, 0.2) is 11.3 Å². The molecule has 230 valence electrons. The first-order valence-electron chi connectivity index (χ1n) is 14.9. The quantitative estimate of drug-likeness (QED) is 0.130. The minimum absolute atomic E-state index is 0.0974. The molecule has 4 heterocycles. The Morgan fingerprint density at radius 2 is 1.50 bits per heavy atom. The summed E-state index contributed by atoms with van der Waals surface area (Å²) in [5, 5.41) is 6.66. The number of aromatic amines is 1. The second kappa shape index (κ2) is 18.3. The van der Waals surface area contributed by atoms with Gasteiger partial charge in [-0.05, 0) is 85.1 Å². The van der Waals surface area contributed by atoms with E-state index in [-0.39, 0.29) is 15.7 Å². The van der Waals surface area contributed by atoms with Crippen molar-refractivity contribution in [3.05, 3.63) is 22.0 Å². The van der Waals surface area contributed by atoms with E-state index in [4.69, 9.17) is 40.5 Å². The Morgan fingerprint density at radius 3 is 2.07 bits per heavy atom. The highest BCUT2D eigenvalue weighted by Gasteiger charge is 2.26. The molecule has 0 unspecified atom stereocenters. The highest BCUT2D eigenvalue weighted by atomic mass is 35.5. The summed E-state index contributed by atoms with van der Waals surface area (Å²) in [7, 11) is 0. The first-order chi connectivity index (χ1) is 20.3. The van der Waals surface area contributed by atoms with E-state index in [1.54, 1.807) is 6.33 Å². The Kier molecular flexibility index (Phi) is 14.9. The Balaban J connectivity index is 0.000000167. The third kappa shape index (κ3) is 11.0. The summed E-state index contributed by atoms with van der Waals surface area (Å²) in [6, 6.07) is 1.02. The van der Waals surface area contributed by atoms with E-state index >= 15 is 0 Å². The van der Waals surface area contributed by atoms with Gasteiger partial charge in [0.05, 0.1) is 6.33 Å². The minimum Gasteiger partial charge on any atom is -0.365 e. The van der Waals surface area contributed by atoms with Gasteiger partial charge in [-0.25, -0.2) is 4.98 Å². The topological polar surface area (TPSA) is 146 Å². The van der Waals surface area contributed by atoms with E-state index in [0.717, 1.165) is 11.3 Å². The minimum atomic E-state index is 0.0974.